The predicted molar refractivity (Wildman–Crippen MR) is 75.4 cm³/mol. The van der Waals surface area contributed by atoms with Crippen LogP contribution in [0, 0.1) is 11.8 Å². The molecule has 3 nitrogen and oxygen atoms in total. The lowest BCUT2D eigenvalue weighted by Crippen LogP contribution is -2.40. The minimum Gasteiger partial charge on any atom is -0.271 e. The van der Waals surface area contributed by atoms with Crippen LogP contribution < -0.4 is 0 Å². The van der Waals surface area contributed by atoms with E-state index in [0.717, 1.165) is 11.8 Å². The molecule has 18 heavy (non-hydrogen) atoms. The molecule has 0 radical (unpaired) electrons. The Morgan fingerprint density at radius 2 is 1.83 bits per heavy atom. The monoisotopic (exact) mass is 251 g/mol. The maximum absolute atomic E-state index is 4.50. The summed E-state index contributed by atoms with van der Waals surface area (Å²) in [5, 5.41) is 11.2. The summed E-state index contributed by atoms with van der Waals surface area (Å²) in [5.74, 6) is 1.77. The molecule has 0 bridgehead atoms. The van der Waals surface area contributed by atoms with Gasteiger partial charge < -0.3 is 0 Å². The van der Waals surface area contributed by atoms with Crippen molar-refractivity contribution in [3.8, 4) is 0 Å². The molecular formula is C15H29N3. The Balaban J connectivity index is 1.94. The van der Waals surface area contributed by atoms with Crippen molar-refractivity contribution < 1.29 is 0 Å². The largest absolute Gasteiger partial charge is 0.271 e. The van der Waals surface area contributed by atoms with Gasteiger partial charge >= 0.3 is 0 Å². The van der Waals surface area contributed by atoms with E-state index in [1.54, 1.807) is 0 Å². The van der Waals surface area contributed by atoms with Gasteiger partial charge in [0.15, 0.2) is 0 Å². The minimum atomic E-state index is 0.479. The highest BCUT2D eigenvalue weighted by molar-refractivity contribution is 4.89. The van der Waals surface area contributed by atoms with Gasteiger partial charge in [0.25, 0.3) is 0 Å². The van der Waals surface area contributed by atoms with Crippen LogP contribution in [0.5, 0.6) is 0 Å². The number of fused-ring (bicyclic) bond motifs is 1. The molecule has 1 saturated carbocycles. The molecule has 0 aromatic carbocycles. The van der Waals surface area contributed by atoms with Crippen molar-refractivity contribution >= 4 is 0 Å². The van der Waals surface area contributed by atoms with Crippen LogP contribution in [0.2, 0.25) is 0 Å². The molecule has 3 unspecified atom stereocenters. The van der Waals surface area contributed by atoms with Crippen molar-refractivity contribution in [1.29, 1.82) is 0 Å². The molecule has 0 saturated heterocycles. The second-order valence-corrected chi connectivity index (χ2v) is 6.82. The van der Waals surface area contributed by atoms with Crippen LogP contribution in [-0.2, 0) is 0 Å². The summed E-state index contributed by atoms with van der Waals surface area (Å²) >= 11 is 0. The summed E-state index contributed by atoms with van der Waals surface area (Å²) in [7, 11) is 0. The third-order valence-corrected chi connectivity index (χ3v) is 4.40. The summed E-state index contributed by atoms with van der Waals surface area (Å²) in [6.07, 6.45) is 8.03. The Bertz CT molecular complexity index is 285. The van der Waals surface area contributed by atoms with Crippen molar-refractivity contribution in [1.82, 2.24) is 5.01 Å². The van der Waals surface area contributed by atoms with E-state index in [9.17, 15) is 0 Å². The molecule has 0 spiro atoms. The Kier molecular flexibility index (Phi) is 4.63. The van der Waals surface area contributed by atoms with E-state index in [0.29, 0.717) is 18.1 Å². The maximum Gasteiger partial charge on any atom is 0.0949 e. The third kappa shape index (κ3) is 3.24. The van der Waals surface area contributed by atoms with Crippen LogP contribution in [-0.4, -0.2) is 23.1 Å². The van der Waals surface area contributed by atoms with Crippen molar-refractivity contribution in [2.24, 2.45) is 22.2 Å². The predicted octanol–water partition coefficient (Wildman–Crippen LogP) is 4.44. The van der Waals surface area contributed by atoms with Crippen LogP contribution in [0.15, 0.2) is 10.3 Å². The molecule has 104 valence electrons. The zero-order valence-corrected chi connectivity index (χ0v) is 12.5. The fourth-order valence-corrected chi connectivity index (χ4v) is 3.58. The Morgan fingerprint density at radius 1 is 1.06 bits per heavy atom. The summed E-state index contributed by atoms with van der Waals surface area (Å²) < 4.78 is 0. The van der Waals surface area contributed by atoms with Crippen molar-refractivity contribution in [3.63, 3.8) is 0 Å². The molecular weight excluding hydrogens is 222 g/mol. The molecule has 1 fully saturated rings. The Morgan fingerprint density at radius 3 is 2.50 bits per heavy atom. The molecule has 3 atom stereocenters. The van der Waals surface area contributed by atoms with E-state index >= 15 is 0 Å². The van der Waals surface area contributed by atoms with E-state index in [4.69, 9.17) is 0 Å². The highest BCUT2D eigenvalue weighted by Crippen LogP contribution is 2.34. The van der Waals surface area contributed by atoms with Gasteiger partial charge in [-0.1, -0.05) is 31.9 Å². The van der Waals surface area contributed by atoms with Crippen LogP contribution in [0.25, 0.3) is 0 Å². The third-order valence-electron chi connectivity index (χ3n) is 4.40. The standard InChI is InChI=1S/C15H29N3/c1-11(2)10-13-6-5-7-14-15(9-8-13)18(12(3)4)17-16-14/h11-15H,5-10H2,1-4H3. The van der Waals surface area contributed by atoms with Gasteiger partial charge in [-0.3, -0.25) is 5.01 Å². The first kappa shape index (κ1) is 13.8. The first-order chi connectivity index (χ1) is 8.58. The minimum absolute atomic E-state index is 0.479. The molecule has 0 N–H and O–H groups in total. The van der Waals surface area contributed by atoms with Crippen molar-refractivity contribution in [2.45, 2.75) is 84.3 Å². The summed E-state index contributed by atoms with van der Waals surface area (Å²) in [5.41, 5.74) is 0. The number of rotatable bonds is 3. The highest BCUT2D eigenvalue weighted by atomic mass is 15.6. The molecule has 1 heterocycles. The van der Waals surface area contributed by atoms with Gasteiger partial charge in [0.05, 0.1) is 12.1 Å². The number of hydrogen-bond acceptors (Lipinski definition) is 3. The number of hydrogen-bond donors (Lipinski definition) is 0. The summed E-state index contributed by atoms with van der Waals surface area (Å²) in [4.78, 5) is 0. The molecule has 1 aliphatic carbocycles. The van der Waals surface area contributed by atoms with Crippen LogP contribution in [0.1, 0.15) is 66.2 Å². The second kappa shape index (κ2) is 6.03. The van der Waals surface area contributed by atoms with Gasteiger partial charge in [-0.25, -0.2) is 0 Å². The lowest BCUT2D eigenvalue weighted by molar-refractivity contribution is 0.143. The second-order valence-electron chi connectivity index (χ2n) is 6.82. The van der Waals surface area contributed by atoms with Gasteiger partial charge in [0.2, 0.25) is 0 Å². The topological polar surface area (TPSA) is 28.0 Å². The first-order valence-electron chi connectivity index (χ1n) is 7.77. The lowest BCUT2D eigenvalue weighted by Gasteiger charge is -2.32. The molecule has 3 heteroatoms. The molecule has 2 aliphatic rings. The van der Waals surface area contributed by atoms with E-state index in [2.05, 4.69) is 43.0 Å². The summed E-state index contributed by atoms with van der Waals surface area (Å²) in [6.45, 7) is 9.15. The van der Waals surface area contributed by atoms with E-state index in [1.165, 1.54) is 38.5 Å². The maximum atomic E-state index is 4.50. The smallest absolute Gasteiger partial charge is 0.0949 e. The molecule has 0 aromatic rings. The SMILES string of the molecule is CC(C)CC1CCCC2N=NN(C(C)C)C2CC1. The van der Waals surface area contributed by atoms with Gasteiger partial charge in [-0.15, -0.1) is 0 Å². The van der Waals surface area contributed by atoms with E-state index in [1.807, 2.05) is 0 Å². The van der Waals surface area contributed by atoms with Gasteiger partial charge in [-0.2, -0.15) is 5.11 Å². The fraction of sp³-hybridized carbons (Fsp3) is 1.00. The first-order valence-corrected chi connectivity index (χ1v) is 7.77. The van der Waals surface area contributed by atoms with E-state index in [-0.39, 0.29) is 0 Å². The average Bonchev–Trinajstić information content (AvgIpc) is 2.64. The average molecular weight is 251 g/mol. The molecule has 0 aromatic heterocycles. The Labute approximate surface area is 112 Å². The quantitative estimate of drug-likeness (QED) is 0.728. The Hall–Kier alpha value is -0.600. The molecule has 2 rings (SSSR count). The van der Waals surface area contributed by atoms with Gasteiger partial charge in [0, 0.05) is 6.04 Å². The number of nitrogens with zero attached hydrogens (tertiary/aromatic N) is 3. The highest BCUT2D eigenvalue weighted by Gasteiger charge is 2.35. The zero-order chi connectivity index (χ0) is 13.1. The van der Waals surface area contributed by atoms with Crippen molar-refractivity contribution in [2.75, 3.05) is 0 Å². The van der Waals surface area contributed by atoms with Gasteiger partial charge in [-0.05, 0) is 51.4 Å². The fourth-order valence-electron chi connectivity index (χ4n) is 3.58. The lowest BCUT2D eigenvalue weighted by atomic mass is 9.82. The van der Waals surface area contributed by atoms with E-state index < -0.39 is 0 Å². The molecule has 1 aliphatic heterocycles. The van der Waals surface area contributed by atoms with Crippen LogP contribution in [0.4, 0.5) is 0 Å². The zero-order valence-electron chi connectivity index (χ0n) is 12.5. The van der Waals surface area contributed by atoms with Gasteiger partial charge in [0.1, 0.15) is 0 Å². The normalized spacial score (nSPS) is 32.8. The summed E-state index contributed by atoms with van der Waals surface area (Å²) in [6, 6.07) is 1.55. The van der Waals surface area contributed by atoms with Crippen LogP contribution in [0.3, 0.4) is 0 Å². The molecule has 0 amide bonds. The van der Waals surface area contributed by atoms with Crippen molar-refractivity contribution in [3.05, 3.63) is 0 Å². The van der Waals surface area contributed by atoms with Crippen LogP contribution >= 0.6 is 0 Å².